The molecule has 0 N–H and O–H groups in total. The highest BCUT2D eigenvalue weighted by atomic mass is 32.1. The van der Waals surface area contributed by atoms with Gasteiger partial charge in [0.05, 0.1) is 12.2 Å². The summed E-state index contributed by atoms with van der Waals surface area (Å²) in [4.78, 5) is 8.89. The lowest BCUT2D eigenvalue weighted by Gasteiger charge is -2.35. The maximum Gasteiger partial charge on any atom is 0.199 e. The van der Waals surface area contributed by atoms with Crippen LogP contribution in [0.25, 0.3) is 0 Å². The highest BCUT2D eigenvalue weighted by molar-refractivity contribution is 7.71. The Bertz CT molecular complexity index is 821. The summed E-state index contributed by atoms with van der Waals surface area (Å²) in [7, 11) is 0. The normalized spacial score (nSPS) is 18.5. The third kappa shape index (κ3) is 2.92. The molecular formula is C16H19N7S. The van der Waals surface area contributed by atoms with E-state index in [1.54, 1.807) is 12.3 Å². The van der Waals surface area contributed by atoms with Crippen LogP contribution in [0.3, 0.4) is 0 Å². The summed E-state index contributed by atoms with van der Waals surface area (Å²) >= 11 is 5.52. The molecule has 0 bridgehead atoms. The van der Waals surface area contributed by atoms with Crippen molar-refractivity contribution in [2.75, 3.05) is 31.1 Å². The first-order chi connectivity index (χ1) is 11.8. The zero-order chi connectivity index (χ0) is 16.5. The van der Waals surface area contributed by atoms with Crippen molar-refractivity contribution in [1.82, 2.24) is 24.2 Å². The molecule has 7 nitrogen and oxygen atoms in total. The highest BCUT2D eigenvalue weighted by Crippen LogP contribution is 2.34. The van der Waals surface area contributed by atoms with Crippen molar-refractivity contribution in [3.05, 3.63) is 35.0 Å². The predicted octanol–water partition coefficient (Wildman–Crippen LogP) is 1.80. The Balaban J connectivity index is 1.40. The van der Waals surface area contributed by atoms with Crippen LogP contribution in [0.4, 0.5) is 5.82 Å². The van der Waals surface area contributed by atoms with E-state index in [2.05, 4.69) is 30.5 Å². The minimum absolute atomic E-state index is 0.566. The van der Waals surface area contributed by atoms with E-state index in [0.29, 0.717) is 11.6 Å². The van der Waals surface area contributed by atoms with Crippen LogP contribution in [0, 0.1) is 16.1 Å². The second kappa shape index (κ2) is 6.34. The van der Waals surface area contributed by atoms with Crippen molar-refractivity contribution in [2.45, 2.75) is 25.6 Å². The number of pyridine rings is 1. The van der Waals surface area contributed by atoms with Crippen molar-refractivity contribution < 1.29 is 0 Å². The Kier molecular flexibility index (Phi) is 4.04. The topological polar surface area (TPSA) is 65.9 Å². The quantitative estimate of drug-likeness (QED) is 0.790. The molecule has 1 saturated carbocycles. The molecule has 2 aromatic rings. The average molecular weight is 341 g/mol. The molecule has 2 aromatic heterocycles. The van der Waals surface area contributed by atoms with Crippen molar-refractivity contribution in [1.29, 1.82) is 5.26 Å². The molecular weight excluding hydrogens is 322 g/mol. The Morgan fingerprint density at radius 3 is 2.75 bits per heavy atom. The molecule has 1 saturated heterocycles. The molecule has 4 rings (SSSR count). The molecule has 0 atom stereocenters. The molecule has 24 heavy (non-hydrogen) atoms. The van der Waals surface area contributed by atoms with Crippen LogP contribution < -0.4 is 4.90 Å². The monoisotopic (exact) mass is 341 g/mol. The van der Waals surface area contributed by atoms with Crippen molar-refractivity contribution in [3.8, 4) is 6.07 Å². The molecule has 2 fully saturated rings. The highest BCUT2D eigenvalue weighted by Gasteiger charge is 2.26. The van der Waals surface area contributed by atoms with Crippen molar-refractivity contribution in [2.24, 2.45) is 0 Å². The Morgan fingerprint density at radius 1 is 1.25 bits per heavy atom. The van der Waals surface area contributed by atoms with Crippen molar-refractivity contribution >= 4 is 18.0 Å². The minimum atomic E-state index is 0.566. The SMILES string of the molecule is N#Cc1cccnc1N1CCN(Cn2ncn(C3CC3)c2=S)CC1. The standard InChI is InChI=1S/C16H19N7S/c17-10-13-2-1-5-18-15(13)21-8-6-20(7-9-21)12-23-16(24)22(11-19-23)14-3-4-14/h1-2,5,11,14H,3-4,6-9,12H2. The Hall–Kier alpha value is -2.24. The molecule has 1 aliphatic carbocycles. The molecule has 2 aliphatic rings. The van der Waals surface area contributed by atoms with Gasteiger partial charge in [-0.25, -0.2) is 9.67 Å². The lowest BCUT2D eigenvalue weighted by molar-refractivity contribution is 0.193. The maximum absolute atomic E-state index is 9.23. The molecule has 3 heterocycles. The van der Waals surface area contributed by atoms with Gasteiger partial charge >= 0.3 is 0 Å². The van der Waals surface area contributed by atoms with E-state index in [-0.39, 0.29) is 0 Å². The molecule has 0 radical (unpaired) electrons. The molecule has 0 aromatic carbocycles. The van der Waals surface area contributed by atoms with Gasteiger partial charge in [-0.15, -0.1) is 0 Å². The van der Waals surface area contributed by atoms with Gasteiger partial charge in [-0.2, -0.15) is 10.4 Å². The van der Waals surface area contributed by atoms with Gasteiger partial charge in [0.25, 0.3) is 0 Å². The van der Waals surface area contributed by atoms with Gasteiger partial charge in [0.2, 0.25) is 0 Å². The number of nitrogens with zero attached hydrogens (tertiary/aromatic N) is 7. The largest absolute Gasteiger partial charge is 0.353 e. The van der Waals surface area contributed by atoms with Crippen LogP contribution in [0.15, 0.2) is 24.7 Å². The van der Waals surface area contributed by atoms with Crippen LogP contribution in [0.5, 0.6) is 0 Å². The second-order valence-corrected chi connectivity index (χ2v) is 6.65. The number of piperazine rings is 1. The van der Waals surface area contributed by atoms with Gasteiger partial charge in [0.1, 0.15) is 18.2 Å². The summed E-state index contributed by atoms with van der Waals surface area (Å²) < 4.78 is 4.83. The van der Waals surface area contributed by atoms with Gasteiger partial charge < -0.3 is 9.47 Å². The maximum atomic E-state index is 9.23. The van der Waals surface area contributed by atoms with E-state index in [4.69, 9.17) is 12.2 Å². The summed E-state index contributed by atoms with van der Waals surface area (Å²) in [6.45, 7) is 4.23. The van der Waals surface area contributed by atoms with E-state index in [9.17, 15) is 5.26 Å². The fourth-order valence-corrected chi connectivity index (χ4v) is 3.38. The lowest BCUT2D eigenvalue weighted by atomic mass is 10.2. The Labute approximate surface area is 145 Å². The summed E-state index contributed by atoms with van der Waals surface area (Å²) in [6, 6.07) is 6.41. The zero-order valence-corrected chi connectivity index (χ0v) is 14.2. The number of anilines is 1. The number of aromatic nitrogens is 4. The molecule has 0 unspecified atom stereocenters. The van der Waals surface area contributed by atoms with E-state index in [1.807, 2.05) is 17.1 Å². The molecule has 0 spiro atoms. The number of hydrogen-bond acceptors (Lipinski definition) is 6. The second-order valence-electron chi connectivity index (χ2n) is 6.28. The van der Waals surface area contributed by atoms with Crippen LogP contribution >= 0.6 is 12.2 Å². The first-order valence-electron chi connectivity index (χ1n) is 8.22. The van der Waals surface area contributed by atoms with Gasteiger partial charge in [0.15, 0.2) is 4.77 Å². The van der Waals surface area contributed by atoms with Crippen LogP contribution in [-0.4, -0.2) is 50.4 Å². The number of rotatable bonds is 4. The van der Waals surface area contributed by atoms with Crippen molar-refractivity contribution in [3.63, 3.8) is 0 Å². The third-order valence-corrected chi connectivity index (χ3v) is 5.03. The van der Waals surface area contributed by atoms with Gasteiger partial charge in [-0.3, -0.25) is 4.90 Å². The number of nitriles is 1. The zero-order valence-electron chi connectivity index (χ0n) is 13.4. The number of hydrogen-bond donors (Lipinski definition) is 0. The Morgan fingerprint density at radius 2 is 2.04 bits per heavy atom. The molecule has 0 amide bonds. The van der Waals surface area contributed by atoms with E-state index in [1.165, 1.54) is 12.8 Å². The van der Waals surface area contributed by atoms with Crippen LogP contribution in [0.1, 0.15) is 24.4 Å². The van der Waals surface area contributed by atoms with Gasteiger partial charge in [0, 0.05) is 38.4 Å². The molecule has 1 aliphatic heterocycles. The molecule has 8 heteroatoms. The summed E-state index contributed by atoms with van der Waals surface area (Å²) in [5.74, 6) is 0.786. The van der Waals surface area contributed by atoms with E-state index < -0.39 is 0 Å². The predicted molar refractivity (Wildman–Crippen MR) is 92.1 cm³/mol. The van der Waals surface area contributed by atoms with E-state index >= 15 is 0 Å². The summed E-state index contributed by atoms with van der Waals surface area (Å²) in [6.07, 6.45) is 6.03. The first-order valence-corrected chi connectivity index (χ1v) is 8.63. The first kappa shape index (κ1) is 15.3. The third-order valence-electron chi connectivity index (χ3n) is 4.61. The summed E-state index contributed by atoms with van der Waals surface area (Å²) in [5, 5.41) is 13.7. The van der Waals surface area contributed by atoms with Gasteiger partial charge in [-0.05, 0) is 37.2 Å². The summed E-state index contributed by atoms with van der Waals surface area (Å²) in [5.41, 5.74) is 0.636. The molecule has 124 valence electrons. The fraction of sp³-hybridized carbons (Fsp3) is 0.500. The van der Waals surface area contributed by atoms with Crippen LogP contribution in [0.2, 0.25) is 0 Å². The smallest absolute Gasteiger partial charge is 0.199 e. The fourth-order valence-electron chi connectivity index (χ4n) is 3.08. The minimum Gasteiger partial charge on any atom is -0.353 e. The van der Waals surface area contributed by atoms with Gasteiger partial charge in [-0.1, -0.05) is 0 Å². The van der Waals surface area contributed by atoms with Crippen LogP contribution in [-0.2, 0) is 6.67 Å². The lowest BCUT2D eigenvalue weighted by Crippen LogP contribution is -2.47. The average Bonchev–Trinajstić information content (AvgIpc) is 3.41. The van der Waals surface area contributed by atoms with E-state index in [0.717, 1.165) is 43.4 Å².